The third kappa shape index (κ3) is 7.09. The first-order valence-electron chi connectivity index (χ1n) is 11.7. The standard InChI is InChI=1S/C23H24F3N7O6S/c1-13-10-32(11-14(2)38-13)22(35)18-7-28-19(8-27-18)33-20(30-12-31-33)9-29-21(34)15-4-16(39-23(24,25)26)6-17(5-15)40(3,36)37/h4-8,12-14H,9-11H2,1-3H3,(H,29,34)/t13-,14+. The van der Waals surface area contributed by atoms with E-state index in [0.29, 0.717) is 19.2 Å². The van der Waals surface area contributed by atoms with E-state index in [4.69, 9.17) is 4.74 Å². The van der Waals surface area contributed by atoms with E-state index in [-0.39, 0.29) is 47.6 Å². The number of morpholine rings is 1. The lowest BCUT2D eigenvalue weighted by molar-refractivity contribution is -0.274. The molecule has 0 spiro atoms. The molecule has 4 rings (SSSR count). The molecule has 0 bridgehead atoms. The number of carbonyl (C=O) groups excluding carboxylic acids is 2. The van der Waals surface area contributed by atoms with Crippen LogP contribution in [-0.2, 0) is 21.1 Å². The second-order valence-corrected chi connectivity index (χ2v) is 11.0. The molecule has 0 aliphatic carbocycles. The molecular formula is C23H24F3N7O6S. The van der Waals surface area contributed by atoms with E-state index in [0.717, 1.165) is 18.4 Å². The van der Waals surface area contributed by atoms with Crippen LogP contribution in [0.2, 0.25) is 0 Å². The Morgan fingerprint density at radius 1 is 1.10 bits per heavy atom. The summed E-state index contributed by atoms with van der Waals surface area (Å²) in [5.74, 6) is -1.72. The fraction of sp³-hybridized carbons (Fsp3) is 0.391. The van der Waals surface area contributed by atoms with Crippen molar-refractivity contribution in [2.45, 2.75) is 43.9 Å². The van der Waals surface area contributed by atoms with Crippen LogP contribution in [-0.4, -0.2) is 87.8 Å². The molecule has 1 aromatic carbocycles. The first-order valence-corrected chi connectivity index (χ1v) is 13.6. The van der Waals surface area contributed by atoms with Crippen molar-refractivity contribution in [1.82, 2.24) is 34.9 Å². The summed E-state index contributed by atoms with van der Waals surface area (Å²) in [6.45, 7) is 4.30. The topological polar surface area (TPSA) is 158 Å². The summed E-state index contributed by atoms with van der Waals surface area (Å²) >= 11 is 0. The third-order valence-corrected chi connectivity index (χ3v) is 6.70. The second-order valence-electron chi connectivity index (χ2n) is 9.01. The molecule has 1 aliphatic rings. The van der Waals surface area contributed by atoms with Crippen molar-refractivity contribution in [3.8, 4) is 11.6 Å². The molecule has 2 aromatic heterocycles. The van der Waals surface area contributed by atoms with E-state index in [9.17, 15) is 31.2 Å². The highest BCUT2D eigenvalue weighted by Gasteiger charge is 2.32. The molecule has 2 amide bonds. The largest absolute Gasteiger partial charge is 0.573 e. The Balaban J connectivity index is 1.48. The van der Waals surface area contributed by atoms with E-state index in [2.05, 4.69) is 30.1 Å². The average Bonchev–Trinajstić information content (AvgIpc) is 3.33. The lowest BCUT2D eigenvalue weighted by Crippen LogP contribution is -2.48. The molecule has 17 heteroatoms. The van der Waals surface area contributed by atoms with Crippen LogP contribution in [0.15, 0.2) is 41.8 Å². The van der Waals surface area contributed by atoms with Gasteiger partial charge in [0.15, 0.2) is 21.5 Å². The summed E-state index contributed by atoms with van der Waals surface area (Å²) in [6, 6.07) is 2.36. The van der Waals surface area contributed by atoms with Gasteiger partial charge in [0.25, 0.3) is 11.8 Å². The zero-order valence-corrected chi connectivity index (χ0v) is 22.2. The molecule has 1 fully saturated rings. The zero-order valence-electron chi connectivity index (χ0n) is 21.4. The maximum Gasteiger partial charge on any atom is 0.573 e. The zero-order chi connectivity index (χ0) is 29.2. The first-order chi connectivity index (χ1) is 18.7. The number of carbonyl (C=O) groups is 2. The summed E-state index contributed by atoms with van der Waals surface area (Å²) < 4.78 is 72.7. The van der Waals surface area contributed by atoms with Crippen LogP contribution in [0.1, 0.15) is 40.5 Å². The van der Waals surface area contributed by atoms with Gasteiger partial charge in [-0.15, -0.1) is 13.2 Å². The quantitative estimate of drug-likeness (QED) is 0.432. The van der Waals surface area contributed by atoms with Crippen molar-refractivity contribution in [3.63, 3.8) is 0 Å². The number of aromatic nitrogens is 5. The minimum absolute atomic E-state index is 0.114. The van der Waals surface area contributed by atoms with Crippen molar-refractivity contribution in [3.05, 3.63) is 54.0 Å². The highest BCUT2D eigenvalue weighted by atomic mass is 32.2. The number of hydrogen-bond donors (Lipinski definition) is 1. The number of benzene rings is 1. The molecular weight excluding hydrogens is 559 g/mol. The maximum atomic E-state index is 12.8. The lowest BCUT2D eigenvalue weighted by atomic mass is 10.2. The fourth-order valence-electron chi connectivity index (χ4n) is 3.99. The van der Waals surface area contributed by atoms with Crippen LogP contribution >= 0.6 is 0 Å². The monoisotopic (exact) mass is 583 g/mol. The molecule has 1 aliphatic heterocycles. The van der Waals surface area contributed by atoms with Gasteiger partial charge < -0.3 is 19.7 Å². The number of ether oxygens (including phenoxy) is 2. The SMILES string of the molecule is C[C@@H]1CN(C(=O)c2cnc(-n3ncnc3CNC(=O)c3cc(OC(F)(F)F)cc(S(C)(=O)=O)c3)cn2)C[C@H](C)O1. The van der Waals surface area contributed by atoms with Gasteiger partial charge >= 0.3 is 6.36 Å². The van der Waals surface area contributed by atoms with E-state index < -0.39 is 32.8 Å². The summed E-state index contributed by atoms with van der Waals surface area (Å²) in [6.07, 6.45) is -0.789. The number of amides is 2. The summed E-state index contributed by atoms with van der Waals surface area (Å²) in [4.78, 5) is 39.1. The number of alkyl halides is 3. The van der Waals surface area contributed by atoms with Crippen molar-refractivity contribution < 1.29 is 40.7 Å². The number of nitrogens with one attached hydrogen (secondary N) is 1. The fourth-order valence-corrected chi connectivity index (χ4v) is 4.67. The molecule has 2 atom stereocenters. The predicted octanol–water partition coefficient (Wildman–Crippen LogP) is 1.54. The Kier molecular flexibility index (Phi) is 8.06. The highest BCUT2D eigenvalue weighted by molar-refractivity contribution is 7.90. The Morgan fingerprint density at radius 2 is 1.80 bits per heavy atom. The van der Waals surface area contributed by atoms with Crippen molar-refractivity contribution in [1.29, 1.82) is 0 Å². The van der Waals surface area contributed by atoms with Crippen molar-refractivity contribution in [2.24, 2.45) is 0 Å². The Hall–Kier alpha value is -4.12. The van der Waals surface area contributed by atoms with Crippen molar-refractivity contribution in [2.75, 3.05) is 19.3 Å². The number of halogens is 3. The van der Waals surface area contributed by atoms with Crippen LogP contribution in [0.5, 0.6) is 5.75 Å². The lowest BCUT2D eigenvalue weighted by Gasteiger charge is -2.35. The van der Waals surface area contributed by atoms with E-state index in [1.54, 1.807) is 4.90 Å². The summed E-state index contributed by atoms with van der Waals surface area (Å²) in [7, 11) is -3.96. The number of nitrogens with zero attached hydrogens (tertiary/aromatic N) is 6. The molecule has 0 saturated carbocycles. The Morgan fingerprint density at radius 3 is 2.40 bits per heavy atom. The number of rotatable bonds is 7. The minimum Gasteiger partial charge on any atom is -0.406 e. The van der Waals surface area contributed by atoms with Crippen LogP contribution in [0.25, 0.3) is 5.82 Å². The van der Waals surface area contributed by atoms with Gasteiger partial charge in [0, 0.05) is 24.9 Å². The number of sulfone groups is 1. The molecule has 1 N–H and O–H groups in total. The molecule has 3 heterocycles. The van der Waals surface area contributed by atoms with Crippen LogP contribution in [0.3, 0.4) is 0 Å². The first kappa shape index (κ1) is 28.9. The van der Waals surface area contributed by atoms with Crippen LogP contribution < -0.4 is 10.1 Å². The normalized spacial score (nSPS) is 17.9. The third-order valence-electron chi connectivity index (χ3n) is 5.61. The Labute approximate surface area is 226 Å². The Bertz CT molecular complexity index is 1500. The molecule has 1 saturated heterocycles. The van der Waals surface area contributed by atoms with Gasteiger partial charge in [-0.25, -0.2) is 23.4 Å². The van der Waals surface area contributed by atoms with Gasteiger partial charge in [-0.3, -0.25) is 9.59 Å². The minimum atomic E-state index is -5.10. The summed E-state index contributed by atoms with van der Waals surface area (Å²) in [5, 5.41) is 6.48. The van der Waals surface area contributed by atoms with Crippen LogP contribution in [0, 0.1) is 0 Å². The van der Waals surface area contributed by atoms with E-state index >= 15 is 0 Å². The van der Waals surface area contributed by atoms with Crippen LogP contribution in [0.4, 0.5) is 13.2 Å². The number of hydrogen-bond acceptors (Lipinski definition) is 10. The molecule has 0 radical (unpaired) electrons. The van der Waals surface area contributed by atoms with Gasteiger partial charge in [-0.2, -0.15) is 9.78 Å². The van der Waals surface area contributed by atoms with Gasteiger partial charge in [0.2, 0.25) is 0 Å². The molecule has 3 aromatic rings. The highest BCUT2D eigenvalue weighted by Crippen LogP contribution is 2.27. The van der Waals surface area contributed by atoms with Gasteiger partial charge in [-0.05, 0) is 32.0 Å². The molecule has 214 valence electrons. The second kappa shape index (κ2) is 11.2. The molecule has 40 heavy (non-hydrogen) atoms. The smallest absolute Gasteiger partial charge is 0.406 e. The van der Waals surface area contributed by atoms with Crippen molar-refractivity contribution >= 4 is 21.7 Å². The van der Waals surface area contributed by atoms with E-state index in [1.807, 2.05) is 13.8 Å². The van der Waals surface area contributed by atoms with Gasteiger partial charge in [0.1, 0.15) is 17.8 Å². The average molecular weight is 584 g/mol. The molecule has 13 nitrogen and oxygen atoms in total. The van der Waals surface area contributed by atoms with Gasteiger partial charge in [0.05, 0.1) is 36.0 Å². The van der Waals surface area contributed by atoms with Gasteiger partial charge in [-0.1, -0.05) is 0 Å². The maximum absolute atomic E-state index is 12.8. The predicted molar refractivity (Wildman–Crippen MR) is 130 cm³/mol. The molecule has 0 unspecified atom stereocenters. The van der Waals surface area contributed by atoms with E-state index in [1.165, 1.54) is 23.4 Å². The summed E-state index contributed by atoms with van der Waals surface area (Å²) in [5.41, 5.74) is -0.273.